The molecule has 94 valence electrons. The quantitative estimate of drug-likeness (QED) is 0.816. The third-order valence-electron chi connectivity index (χ3n) is 2.68. The maximum Gasteiger partial charge on any atom is 0.125 e. The summed E-state index contributed by atoms with van der Waals surface area (Å²) in [6.07, 6.45) is -0.526. The Morgan fingerprint density at radius 2 is 2.18 bits per heavy atom. The molecule has 0 amide bonds. The summed E-state index contributed by atoms with van der Waals surface area (Å²) in [6, 6.07) is 7.49. The average molecular weight is 238 g/mol. The fraction of sp³-hybridized carbons (Fsp3) is 0.538. The lowest BCUT2D eigenvalue weighted by Gasteiger charge is -2.27. The number of para-hydroxylation sites is 1. The Kier molecular flexibility index (Phi) is 4.36. The van der Waals surface area contributed by atoms with Gasteiger partial charge in [0.05, 0.1) is 26.4 Å². The van der Waals surface area contributed by atoms with E-state index in [-0.39, 0.29) is 12.7 Å². The van der Waals surface area contributed by atoms with Gasteiger partial charge in [0.1, 0.15) is 18.0 Å². The van der Waals surface area contributed by atoms with Crippen molar-refractivity contribution in [1.82, 2.24) is 0 Å². The van der Waals surface area contributed by atoms with Gasteiger partial charge in [-0.2, -0.15) is 0 Å². The molecule has 0 aliphatic carbocycles. The minimum atomic E-state index is -0.654. The molecule has 1 aliphatic rings. The van der Waals surface area contributed by atoms with Crippen LogP contribution in [0.5, 0.6) is 5.75 Å². The van der Waals surface area contributed by atoms with Gasteiger partial charge in [-0.15, -0.1) is 0 Å². The molecule has 0 aromatic heterocycles. The van der Waals surface area contributed by atoms with Crippen LogP contribution in [0.4, 0.5) is 0 Å². The molecular formula is C13H18O4. The monoisotopic (exact) mass is 238 g/mol. The van der Waals surface area contributed by atoms with Crippen molar-refractivity contribution in [3.63, 3.8) is 0 Å². The van der Waals surface area contributed by atoms with Crippen LogP contribution >= 0.6 is 0 Å². The van der Waals surface area contributed by atoms with E-state index in [0.29, 0.717) is 19.8 Å². The Morgan fingerprint density at radius 3 is 2.82 bits per heavy atom. The minimum Gasteiger partial charge on any atom is -0.493 e. The van der Waals surface area contributed by atoms with E-state index in [1.54, 1.807) is 0 Å². The van der Waals surface area contributed by atoms with Crippen LogP contribution in [0.2, 0.25) is 0 Å². The number of hydrogen-bond acceptors (Lipinski definition) is 4. The summed E-state index contributed by atoms with van der Waals surface area (Å²) in [4.78, 5) is 0. The average Bonchev–Trinajstić information content (AvgIpc) is 2.28. The highest BCUT2D eigenvalue weighted by atomic mass is 16.6. The fourth-order valence-electron chi connectivity index (χ4n) is 1.67. The number of aliphatic hydroxyl groups is 1. The second-order valence-electron chi connectivity index (χ2n) is 3.98. The molecule has 1 heterocycles. The van der Waals surface area contributed by atoms with Gasteiger partial charge in [-0.3, -0.25) is 0 Å². The third-order valence-corrected chi connectivity index (χ3v) is 2.68. The van der Waals surface area contributed by atoms with E-state index >= 15 is 0 Å². The van der Waals surface area contributed by atoms with Crippen LogP contribution in [-0.2, 0) is 9.47 Å². The predicted octanol–water partition coefficient (Wildman–Crippen LogP) is 1.53. The Bertz CT molecular complexity index is 349. The highest BCUT2D eigenvalue weighted by Gasteiger charge is 2.21. The molecule has 1 aromatic carbocycles. The van der Waals surface area contributed by atoms with Gasteiger partial charge in [-0.05, 0) is 13.0 Å². The van der Waals surface area contributed by atoms with Gasteiger partial charge in [-0.25, -0.2) is 0 Å². The molecule has 2 rings (SSSR count). The van der Waals surface area contributed by atoms with Crippen molar-refractivity contribution in [3.8, 4) is 5.75 Å². The van der Waals surface area contributed by atoms with Crippen molar-refractivity contribution in [2.24, 2.45) is 0 Å². The summed E-state index contributed by atoms with van der Waals surface area (Å²) < 4.78 is 16.0. The van der Waals surface area contributed by atoms with Crippen molar-refractivity contribution in [1.29, 1.82) is 0 Å². The smallest absolute Gasteiger partial charge is 0.125 e. The lowest BCUT2D eigenvalue weighted by molar-refractivity contribution is -0.143. The zero-order chi connectivity index (χ0) is 12.1. The van der Waals surface area contributed by atoms with Crippen LogP contribution in [0.1, 0.15) is 18.6 Å². The Hall–Kier alpha value is -1.10. The number of ether oxygens (including phenoxy) is 3. The van der Waals surface area contributed by atoms with Gasteiger partial charge in [0.25, 0.3) is 0 Å². The van der Waals surface area contributed by atoms with Gasteiger partial charge < -0.3 is 19.3 Å². The van der Waals surface area contributed by atoms with E-state index < -0.39 is 6.10 Å². The highest BCUT2D eigenvalue weighted by molar-refractivity contribution is 5.35. The Labute approximate surface area is 101 Å². The minimum absolute atomic E-state index is 0.129. The van der Waals surface area contributed by atoms with E-state index in [0.717, 1.165) is 11.3 Å². The fourth-order valence-corrected chi connectivity index (χ4v) is 1.67. The van der Waals surface area contributed by atoms with Crippen LogP contribution in [-0.4, -0.2) is 37.6 Å². The SMILES string of the molecule is CCOc1ccccc1C(O)COC1COC1. The largest absolute Gasteiger partial charge is 0.493 e. The molecular weight excluding hydrogens is 220 g/mol. The predicted molar refractivity (Wildman–Crippen MR) is 63.1 cm³/mol. The van der Waals surface area contributed by atoms with Crippen molar-refractivity contribution >= 4 is 0 Å². The molecule has 1 aliphatic heterocycles. The first-order valence-electron chi connectivity index (χ1n) is 5.90. The Morgan fingerprint density at radius 1 is 1.41 bits per heavy atom. The van der Waals surface area contributed by atoms with E-state index in [1.807, 2.05) is 31.2 Å². The number of rotatable bonds is 6. The van der Waals surface area contributed by atoms with Crippen LogP contribution < -0.4 is 4.74 Å². The number of aliphatic hydroxyl groups excluding tert-OH is 1. The molecule has 1 atom stereocenters. The summed E-state index contributed by atoms with van der Waals surface area (Å²) in [7, 11) is 0. The lowest BCUT2D eigenvalue weighted by atomic mass is 10.1. The molecule has 4 nitrogen and oxygen atoms in total. The first-order valence-corrected chi connectivity index (χ1v) is 5.90. The zero-order valence-electron chi connectivity index (χ0n) is 9.96. The topological polar surface area (TPSA) is 47.9 Å². The molecule has 0 radical (unpaired) electrons. The highest BCUT2D eigenvalue weighted by Crippen LogP contribution is 2.25. The van der Waals surface area contributed by atoms with Gasteiger partial charge in [-0.1, -0.05) is 18.2 Å². The molecule has 1 saturated heterocycles. The second kappa shape index (κ2) is 6.00. The standard InChI is InChI=1S/C13H18O4/c1-2-16-13-6-4-3-5-11(13)12(14)9-17-10-7-15-8-10/h3-6,10,12,14H,2,7-9H2,1H3. The molecule has 1 aromatic rings. The first kappa shape index (κ1) is 12.4. The zero-order valence-corrected chi connectivity index (χ0v) is 9.96. The van der Waals surface area contributed by atoms with Gasteiger partial charge >= 0.3 is 0 Å². The van der Waals surface area contributed by atoms with E-state index in [1.165, 1.54) is 0 Å². The first-order chi connectivity index (χ1) is 8.31. The van der Waals surface area contributed by atoms with E-state index in [2.05, 4.69) is 0 Å². The second-order valence-corrected chi connectivity index (χ2v) is 3.98. The van der Waals surface area contributed by atoms with Gasteiger partial charge in [0, 0.05) is 5.56 Å². The number of benzene rings is 1. The maximum absolute atomic E-state index is 10.1. The Balaban J connectivity index is 1.93. The van der Waals surface area contributed by atoms with E-state index in [4.69, 9.17) is 14.2 Å². The maximum atomic E-state index is 10.1. The van der Waals surface area contributed by atoms with Crippen molar-refractivity contribution in [3.05, 3.63) is 29.8 Å². The van der Waals surface area contributed by atoms with Gasteiger partial charge in [0.2, 0.25) is 0 Å². The van der Waals surface area contributed by atoms with Crippen molar-refractivity contribution in [2.75, 3.05) is 26.4 Å². The van der Waals surface area contributed by atoms with Crippen molar-refractivity contribution in [2.45, 2.75) is 19.1 Å². The molecule has 0 saturated carbocycles. The summed E-state index contributed by atoms with van der Waals surface area (Å²) in [6.45, 7) is 4.03. The van der Waals surface area contributed by atoms with E-state index in [9.17, 15) is 5.11 Å². The normalized spacial score (nSPS) is 17.5. The molecule has 1 N–H and O–H groups in total. The van der Waals surface area contributed by atoms with Crippen LogP contribution in [0.3, 0.4) is 0 Å². The molecule has 0 spiro atoms. The lowest BCUT2D eigenvalue weighted by Crippen LogP contribution is -2.37. The van der Waals surface area contributed by atoms with Crippen LogP contribution in [0.25, 0.3) is 0 Å². The molecule has 17 heavy (non-hydrogen) atoms. The molecule has 1 fully saturated rings. The van der Waals surface area contributed by atoms with Crippen LogP contribution in [0.15, 0.2) is 24.3 Å². The summed E-state index contributed by atoms with van der Waals surface area (Å²) in [5, 5.41) is 10.1. The molecule has 0 bridgehead atoms. The van der Waals surface area contributed by atoms with Gasteiger partial charge in [0.15, 0.2) is 0 Å². The molecule has 4 heteroatoms. The summed E-state index contributed by atoms with van der Waals surface area (Å²) in [5.41, 5.74) is 0.773. The summed E-state index contributed by atoms with van der Waals surface area (Å²) in [5.74, 6) is 0.718. The third kappa shape index (κ3) is 3.19. The summed E-state index contributed by atoms with van der Waals surface area (Å²) >= 11 is 0. The van der Waals surface area contributed by atoms with Crippen LogP contribution in [0, 0.1) is 0 Å². The van der Waals surface area contributed by atoms with Crippen molar-refractivity contribution < 1.29 is 19.3 Å². The number of hydrogen-bond donors (Lipinski definition) is 1. The molecule has 1 unspecified atom stereocenters.